The predicted molar refractivity (Wildman–Crippen MR) is 293 cm³/mol. The minimum atomic E-state index is -1.82. The smallest absolute Gasteiger partial charge is 0.316 e. The van der Waals surface area contributed by atoms with Gasteiger partial charge in [0.05, 0.1) is 55.9 Å². The Hall–Kier alpha value is -3.50. The number of carbonyl (C=O) groups excluding carboxylic acids is 1. The predicted octanol–water partition coefficient (Wildman–Crippen LogP) is 6.62. The fourth-order valence-electron chi connectivity index (χ4n) is 12.5. The van der Waals surface area contributed by atoms with Crippen LogP contribution >= 0.6 is 22.9 Å². The van der Waals surface area contributed by atoms with Crippen LogP contribution in [-0.2, 0) is 63.4 Å². The molecule has 80 heavy (non-hydrogen) atoms. The fourth-order valence-corrected chi connectivity index (χ4v) is 13.5. The largest absolute Gasteiger partial charge is 0.462 e. The van der Waals surface area contributed by atoms with Gasteiger partial charge in [-0.3, -0.25) is 4.79 Å². The summed E-state index contributed by atoms with van der Waals surface area (Å²) >= 11 is 7.05. The summed E-state index contributed by atoms with van der Waals surface area (Å²) < 4.78 is 69.6. The molecule has 0 aromatic carbocycles. The number of guanidine groups is 1. The first-order valence-corrected chi connectivity index (χ1v) is 29.3. The number of esters is 1. The number of carbonyl (C=O) groups is 1. The molecule has 20 atom stereocenters. The van der Waals surface area contributed by atoms with E-state index in [9.17, 15) is 30.2 Å². The first-order chi connectivity index (χ1) is 38.1. The number of hydrogen-bond donors (Lipinski definition) is 3. The van der Waals surface area contributed by atoms with Crippen molar-refractivity contribution in [2.75, 3.05) is 41.3 Å². The summed E-state index contributed by atoms with van der Waals surface area (Å²) in [6, 6.07) is 0. The van der Waals surface area contributed by atoms with Gasteiger partial charge in [-0.2, -0.15) is 0 Å². The SMILES string of the molecule is CC[C@H](C)[C@H]1O[C@]2(CC[C@@H]1C)C[C@@H]1C[C@@H](C/C=C(\C)[C@@H](O[C@H]3C[C@H](OC)[C@@H](O[C@H]4C[C@H](OC)[C@@H](O)[C@H](C)O4)[C@H](C)O3)[C@@H](C)/C=C/C=C3\CO[C@@H]4[C@H](O)C(C)=C[C@@H](C(=O)O1)[C@]34O)O2.CN1COCN(Cc2cnc(Cl)s2)/C1=N/[N+](=O)[O-]. The Labute approximate surface area is 478 Å². The van der Waals surface area contributed by atoms with Gasteiger partial charge in [0.15, 0.2) is 27.9 Å². The average molecular weight is 1170 g/mol. The Morgan fingerprint density at radius 3 is 2.44 bits per heavy atom. The molecule has 1 aromatic heterocycles. The van der Waals surface area contributed by atoms with Crippen molar-refractivity contribution >= 4 is 34.9 Å². The van der Waals surface area contributed by atoms with Crippen molar-refractivity contribution in [3.05, 3.63) is 72.8 Å². The van der Waals surface area contributed by atoms with E-state index in [4.69, 9.17) is 63.7 Å². The standard InChI is InChI=1S/C48H74O14.C8H10ClN5O3S/c1-11-25(2)43-28(5)17-18-47(62-43)23-34-20-33(61-47)16-15-27(4)42(26(3)13-12-14-32-24-55-45-40(49)29(6)19-35(46(51)58-34)48(32,45)52)59-39-22-37(54-10)44(31(8)57-39)60-38-21-36(53-9)41(50)30(7)56-38;1-12-4-17-5-13(8(12)11-14(15)16)3-6-2-10-7(9)18-6/h12-15,19,25-26,28,30-31,33-45,49-50,52H,11,16-18,20-24H2,1-10H3;2H,3-5H2,1H3/b13-12+,27-15+,32-14+;11-8+/t25-,26-,28-,30-,31-,33+,34-,35-,36-,37-,38-,39-,40+,41-,42-,43+,44-,45+,47+,48+;/m0./s1. The van der Waals surface area contributed by atoms with Crippen molar-refractivity contribution in [1.29, 1.82) is 0 Å². The van der Waals surface area contributed by atoms with E-state index in [1.807, 2.05) is 19.1 Å². The van der Waals surface area contributed by atoms with Crippen LogP contribution in [-0.4, -0.2) is 186 Å². The topological polar surface area (TPSA) is 254 Å². The minimum Gasteiger partial charge on any atom is -0.462 e. The summed E-state index contributed by atoms with van der Waals surface area (Å²) in [5.74, 6) is -1.84. The number of halogens is 1. The second kappa shape index (κ2) is 27.0. The summed E-state index contributed by atoms with van der Waals surface area (Å²) in [7, 11) is 4.90. The van der Waals surface area contributed by atoms with Crippen LogP contribution in [0.15, 0.2) is 58.4 Å². The van der Waals surface area contributed by atoms with Gasteiger partial charge in [0.1, 0.15) is 60.6 Å². The summed E-state index contributed by atoms with van der Waals surface area (Å²) in [4.78, 5) is 32.9. The van der Waals surface area contributed by atoms with Crippen molar-refractivity contribution in [3.63, 3.8) is 0 Å². The van der Waals surface area contributed by atoms with E-state index in [1.165, 1.54) is 11.3 Å². The monoisotopic (exact) mass is 1170 g/mol. The number of hydrazone groups is 1. The number of ether oxygens (including phenoxy) is 11. The normalized spacial score (nSPS) is 42.4. The number of rotatable bonds is 11. The lowest BCUT2D eigenvalue weighted by Gasteiger charge is -2.51. The minimum absolute atomic E-state index is 0.00708. The van der Waals surface area contributed by atoms with Gasteiger partial charge in [-0.05, 0) is 69.1 Å². The third-order valence-corrected chi connectivity index (χ3v) is 18.2. The third-order valence-electron chi connectivity index (χ3n) is 17.1. The van der Waals surface area contributed by atoms with E-state index >= 15 is 0 Å². The van der Waals surface area contributed by atoms with Crippen molar-refractivity contribution in [3.8, 4) is 0 Å². The van der Waals surface area contributed by atoms with E-state index < -0.39 is 95.8 Å². The molecule has 0 radical (unpaired) electrons. The summed E-state index contributed by atoms with van der Waals surface area (Å²) in [5, 5.41) is 47.4. The number of methoxy groups -OCH3 is 2. The quantitative estimate of drug-likeness (QED) is 0.0910. The highest BCUT2D eigenvalue weighted by Crippen LogP contribution is 2.48. The molecule has 22 nitrogen and oxygen atoms in total. The summed E-state index contributed by atoms with van der Waals surface area (Å²) in [5.41, 5.74) is 0.188. The first-order valence-electron chi connectivity index (χ1n) is 28.1. The molecule has 0 amide bonds. The highest BCUT2D eigenvalue weighted by Gasteiger charge is 2.60. The van der Waals surface area contributed by atoms with Gasteiger partial charge in [-0.1, -0.05) is 76.1 Å². The first kappa shape index (κ1) is 62.5. The zero-order valence-electron chi connectivity index (χ0n) is 47.9. The number of aliphatic hydroxyl groups excluding tert-OH is 2. The number of nitrogens with zero attached hydrogens (tertiary/aromatic N) is 5. The van der Waals surface area contributed by atoms with Crippen molar-refractivity contribution in [1.82, 2.24) is 14.8 Å². The Morgan fingerprint density at radius 2 is 1.74 bits per heavy atom. The molecule has 24 heteroatoms. The van der Waals surface area contributed by atoms with Crippen LogP contribution in [0.3, 0.4) is 0 Å². The molecule has 6 saturated heterocycles. The number of allylic oxidation sites excluding steroid dienone is 2. The molecule has 6 fully saturated rings. The van der Waals surface area contributed by atoms with Gasteiger partial charge < -0.3 is 77.2 Å². The summed E-state index contributed by atoms with van der Waals surface area (Å²) in [6.45, 7) is 17.2. The molecule has 7 aliphatic heterocycles. The lowest BCUT2D eigenvalue weighted by atomic mass is 9.71. The molecule has 8 heterocycles. The van der Waals surface area contributed by atoms with E-state index in [0.717, 1.165) is 23.3 Å². The van der Waals surface area contributed by atoms with Crippen molar-refractivity contribution < 1.29 is 77.3 Å². The molecule has 1 aliphatic carbocycles. The van der Waals surface area contributed by atoms with Gasteiger partial charge >= 0.3 is 5.97 Å². The molecule has 0 saturated carbocycles. The maximum Gasteiger partial charge on any atom is 0.316 e. The maximum absolute atomic E-state index is 14.4. The number of aliphatic hydroxyl groups is 3. The van der Waals surface area contributed by atoms with Gasteiger partial charge in [-0.15, -0.1) is 11.3 Å². The third kappa shape index (κ3) is 14.2. The van der Waals surface area contributed by atoms with Crippen LogP contribution < -0.4 is 0 Å². The van der Waals surface area contributed by atoms with E-state index in [2.05, 4.69) is 50.8 Å². The van der Waals surface area contributed by atoms with E-state index in [-0.39, 0.29) is 50.3 Å². The zero-order chi connectivity index (χ0) is 57.8. The van der Waals surface area contributed by atoms with Gasteiger partial charge in [0.2, 0.25) is 0 Å². The number of nitro groups is 1. The van der Waals surface area contributed by atoms with Crippen LogP contribution in [0.5, 0.6) is 0 Å². The Kier molecular flexibility index (Phi) is 21.1. The molecule has 2 bridgehead atoms. The number of fused-ring (bicyclic) bond motifs is 2. The van der Waals surface area contributed by atoms with Crippen LogP contribution in [0, 0.1) is 33.8 Å². The van der Waals surface area contributed by atoms with Gasteiger partial charge in [0, 0.05) is 70.4 Å². The molecule has 8 aliphatic rings. The molecule has 448 valence electrons. The maximum atomic E-state index is 14.4. The molecular weight excluding hydrogens is 1080 g/mol. The fraction of sp³-hybridized carbons (Fsp3) is 0.768. The highest BCUT2D eigenvalue weighted by atomic mass is 35.5. The average Bonchev–Trinajstić information content (AvgIpc) is 4.12. The summed E-state index contributed by atoms with van der Waals surface area (Å²) in [6.07, 6.45) is 8.16. The van der Waals surface area contributed by atoms with Gasteiger partial charge in [-0.25, -0.2) is 15.1 Å². The number of hydrogen-bond acceptors (Lipinski definition) is 19. The zero-order valence-corrected chi connectivity index (χ0v) is 49.5. The lowest BCUT2D eigenvalue weighted by Crippen LogP contribution is -2.58. The van der Waals surface area contributed by atoms with Crippen molar-refractivity contribution in [2.45, 2.75) is 211 Å². The van der Waals surface area contributed by atoms with Crippen LogP contribution in [0.25, 0.3) is 0 Å². The van der Waals surface area contributed by atoms with E-state index in [0.29, 0.717) is 72.5 Å². The molecule has 0 unspecified atom stereocenters. The molecule has 1 aromatic rings. The molecule has 3 N–H and O–H groups in total. The number of thiazole rings is 1. The van der Waals surface area contributed by atoms with Crippen molar-refractivity contribution in [2.24, 2.45) is 28.8 Å². The van der Waals surface area contributed by atoms with Crippen LogP contribution in [0.4, 0.5) is 0 Å². The Morgan fingerprint density at radius 1 is 1.01 bits per heavy atom. The molecule has 9 rings (SSSR count). The van der Waals surface area contributed by atoms with Crippen LogP contribution in [0.2, 0.25) is 4.47 Å². The van der Waals surface area contributed by atoms with Crippen LogP contribution in [0.1, 0.15) is 112 Å². The Balaban J connectivity index is 0.000000395. The molecule has 1 spiro atoms. The number of aromatic nitrogens is 1. The van der Waals surface area contributed by atoms with E-state index in [1.54, 1.807) is 63.3 Å². The molecular formula is C56H84ClN5O17S. The van der Waals surface area contributed by atoms with Gasteiger partial charge in [0.25, 0.3) is 5.96 Å². The Bertz CT molecular complexity index is 2440. The highest BCUT2D eigenvalue weighted by molar-refractivity contribution is 7.15. The second-order valence-electron chi connectivity index (χ2n) is 22.9. The second-order valence-corrected chi connectivity index (χ2v) is 24.6. The lowest BCUT2D eigenvalue weighted by molar-refractivity contribution is -0.486.